The number of fused-ring (bicyclic) bond motifs is 2. The molecule has 5 heterocycles. The number of anilines is 1. The molecule has 9 nitrogen and oxygen atoms in total. The number of piperazine rings is 1. The van der Waals surface area contributed by atoms with Gasteiger partial charge in [0, 0.05) is 51.0 Å². The quantitative estimate of drug-likeness (QED) is 0.510. The number of aromatic nitrogens is 3. The highest BCUT2D eigenvalue weighted by molar-refractivity contribution is 5.94. The van der Waals surface area contributed by atoms with Crippen molar-refractivity contribution >= 4 is 28.7 Å². The summed E-state index contributed by atoms with van der Waals surface area (Å²) in [5.74, 6) is 0.0220. The van der Waals surface area contributed by atoms with Gasteiger partial charge < -0.3 is 20.4 Å². The molecule has 2 aliphatic heterocycles. The number of oxazole rings is 1. The normalized spacial score (nSPS) is 20.2. The number of imidazole rings is 1. The van der Waals surface area contributed by atoms with Crippen molar-refractivity contribution in [2.75, 3.05) is 38.5 Å². The fraction of sp³-hybridized carbons (Fsp3) is 0.348. The average Bonchev–Trinajstić information content (AvgIpc) is 3.34. The van der Waals surface area contributed by atoms with Crippen LogP contribution in [0.3, 0.4) is 0 Å². The van der Waals surface area contributed by atoms with Gasteiger partial charge in [0.2, 0.25) is 0 Å². The minimum atomic E-state index is 0.0220. The van der Waals surface area contributed by atoms with E-state index in [2.05, 4.69) is 27.1 Å². The second kappa shape index (κ2) is 7.32. The molecule has 3 aromatic heterocycles. The van der Waals surface area contributed by atoms with Crippen LogP contribution in [0.25, 0.3) is 27.9 Å². The van der Waals surface area contributed by atoms with Crippen LogP contribution in [-0.4, -0.2) is 74.9 Å². The van der Waals surface area contributed by atoms with Gasteiger partial charge in [-0.15, -0.1) is 0 Å². The number of amides is 1. The van der Waals surface area contributed by atoms with Crippen molar-refractivity contribution in [1.29, 1.82) is 0 Å². The zero-order chi connectivity index (χ0) is 21.8. The van der Waals surface area contributed by atoms with Gasteiger partial charge in [0.25, 0.3) is 11.9 Å². The molecular formula is C23H25N7O2. The van der Waals surface area contributed by atoms with Crippen LogP contribution in [0.4, 0.5) is 6.01 Å². The fourth-order valence-electron chi connectivity index (χ4n) is 4.74. The predicted molar refractivity (Wildman–Crippen MR) is 121 cm³/mol. The average molecular weight is 432 g/mol. The second-order valence-electron chi connectivity index (χ2n) is 8.74. The Balaban J connectivity index is 1.24. The fourth-order valence-corrected chi connectivity index (χ4v) is 4.74. The van der Waals surface area contributed by atoms with Crippen molar-refractivity contribution in [3.05, 3.63) is 48.4 Å². The number of likely N-dealkylation sites (tertiary alicyclic amines) is 1. The van der Waals surface area contributed by atoms with Crippen molar-refractivity contribution in [3.8, 4) is 11.1 Å². The van der Waals surface area contributed by atoms with Gasteiger partial charge in [-0.2, -0.15) is 4.98 Å². The van der Waals surface area contributed by atoms with Crippen molar-refractivity contribution in [1.82, 2.24) is 29.5 Å². The van der Waals surface area contributed by atoms with Crippen LogP contribution in [0, 0.1) is 0 Å². The van der Waals surface area contributed by atoms with Gasteiger partial charge in [-0.05, 0) is 42.3 Å². The molecule has 32 heavy (non-hydrogen) atoms. The molecule has 3 N–H and O–H groups in total. The Morgan fingerprint density at radius 2 is 2.03 bits per heavy atom. The summed E-state index contributed by atoms with van der Waals surface area (Å²) in [6.45, 7) is 6.82. The summed E-state index contributed by atoms with van der Waals surface area (Å²) >= 11 is 0. The standard InChI is InChI=1S/C23H25N7O2/c1-14-10-28(7-6-25-14)17-12-29(13-17)22(31)19-9-26-21-5-3-16(11-30(19)21)15-2-4-20-18(8-15)27-23(24)32-20/h2-5,8-9,11,14,17,25H,6-7,10,12-13H2,1H3,(H2,24,27)/t14-/m1/s1. The number of carbonyl (C=O) groups is 1. The second-order valence-corrected chi connectivity index (χ2v) is 8.74. The van der Waals surface area contributed by atoms with Crippen LogP contribution in [0.1, 0.15) is 17.4 Å². The number of nitrogens with one attached hydrogen (secondary N) is 1. The number of pyridine rings is 1. The van der Waals surface area contributed by atoms with E-state index < -0.39 is 0 Å². The van der Waals surface area contributed by atoms with Gasteiger partial charge in [-0.25, -0.2) is 4.98 Å². The number of rotatable bonds is 3. The lowest BCUT2D eigenvalue weighted by Gasteiger charge is -2.47. The van der Waals surface area contributed by atoms with Gasteiger partial charge in [-0.1, -0.05) is 6.07 Å². The van der Waals surface area contributed by atoms with E-state index in [1.165, 1.54) is 0 Å². The van der Waals surface area contributed by atoms with E-state index in [4.69, 9.17) is 10.2 Å². The van der Waals surface area contributed by atoms with E-state index in [9.17, 15) is 4.79 Å². The Kier molecular flexibility index (Phi) is 4.41. The maximum Gasteiger partial charge on any atom is 0.292 e. The van der Waals surface area contributed by atoms with Gasteiger partial charge in [-0.3, -0.25) is 14.1 Å². The van der Waals surface area contributed by atoms with Crippen molar-refractivity contribution in [3.63, 3.8) is 0 Å². The molecule has 0 aliphatic carbocycles. The number of hydrogen-bond acceptors (Lipinski definition) is 7. The molecule has 1 atom stereocenters. The largest absolute Gasteiger partial charge is 0.424 e. The Morgan fingerprint density at radius 1 is 1.19 bits per heavy atom. The molecule has 0 saturated carbocycles. The highest BCUT2D eigenvalue weighted by atomic mass is 16.4. The van der Waals surface area contributed by atoms with Gasteiger partial charge in [0.05, 0.1) is 6.20 Å². The summed E-state index contributed by atoms with van der Waals surface area (Å²) in [7, 11) is 0. The van der Waals surface area contributed by atoms with Gasteiger partial charge in [0.1, 0.15) is 16.9 Å². The lowest BCUT2D eigenvalue weighted by atomic mass is 10.0. The van der Waals surface area contributed by atoms with E-state index >= 15 is 0 Å². The van der Waals surface area contributed by atoms with Crippen LogP contribution in [0.2, 0.25) is 0 Å². The molecular weight excluding hydrogens is 406 g/mol. The lowest BCUT2D eigenvalue weighted by molar-refractivity contribution is 0.0175. The molecule has 6 rings (SSSR count). The lowest BCUT2D eigenvalue weighted by Crippen LogP contribution is -2.65. The molecule has 4 aromatic rings. The van der Waals surface area contributed by atoms with Crippen LogP contribution in [0.15, 0.2) is 47.1 Å². The number of nitrogens with zero attached hydrogens (tertiary/aromatic N) is 5. The molecule has 1 aromatic carbocycles. The first-order chi connectivity index (χ1) is 15.5. The van der Waals surface area contributed by atoms with E-state index in [0.717, 1.165) is 49.5 Å². The van der Waals surface area contributed by atoms with Crippen LogP contribution in [-0.2, 0) is 0 Å². The molecule has 0 radical (unpaired) electrons. The number of benzene rings is 1. The van der Waals surface area contributed by atoms with Crippen molar-refractivity contribution < 1.29 is 9.21 Å². The summed E-state index contributed by atoms with van der Waals surface area (Å²) in [4.78, 5) is 26.3. The first-order valence-electron chi connectivity index (χ1n) is 11.0. The molecule has 0 bridgehead atoms. The van der Waals surface area contributed by atoms with Gasteiger partial charge >= 0.3 is 0 Å². The van der Waals surface area contributed by atoms with Gasteiger partial charge in [0.15, 0.2) is 5.58 Å². The summed E-state index contributed by atoms with van der Waals surface area (Å²) in [6.07, 6.45) is 3.62. The molecule has 0 spiro atoms. The molecule has 1 amide bonds. The molecule has 2 fully saturated rings. The first kappa shape index (κ1) is 19.3. The summed E-state index contributed by atoms with van der Waals surface area (Å²) in [5, 5.41) is 3.47. The predicted octanol–water partition coefficient (Wildman–Crippen LogP) is 1.84. The van der Waals surface area contributed by atoms with Crippen molar-refractivity contribution in [2.24, 2.45) is 0 Å². The zero-order valence-electron chi connectivity index (χ0n) is 17.9. The Labute approximate surface area is 184 Å². The Hall–Kier alpha value is -3.43. The smallest absolute Gasteiger partial charge is 0.292 e. The highest BCUT2D eigenvalue weighted by Crippen LogP contribution is 2.27. The minimum absolute atomic E-state index is 0.0220. The number of nitrogen functional groups attached to an aromatic ring is 1. The number of hydrogen-bond donors (Lipinski definition) is 2. The molecule has 2 aliphatic rings. The topological polar surface area (TPSA) is 105 Å². The first-order valence-corrected chi connectivity index (χ1v) is 11.0. The summed E-state index contributed by atoms with van der Waals surface area (Å²) in [5.41, 5.74) is 10.3. The zero-order valence-corrected chi connectivity index (χ0v) is 17.9. The van der Waals surface area contributed by atoms with E-state index in [0.29, 0.717) is 28.9 Å². The molecule has 0 unspecified atom stereocenters. The van der Waals surface area contributed by atoms with Crippen LogP contribution in [0.5, 0.6) is 0 Å². The molecule has 164 valence electrons. The highest BCUT2D eigenvalue weighted by Gasteiger charge is 2.37. The SMILES string of the molecule is C[C@@H]1CN(C2CN(C(=O)c3cnc4ccc(-c5ccc6oc(N)nc6c5)cn34)C2)CCN1. The maximum atomic E-state index is 13.2. The monoisotopic (exact) mass is 431 g/mol. The van der Waals surface area contributed by atoms with Crippen LogP contribution < -0.4 is 11.1 Å². The van der Waals surface area contributed by atoms with E-state index in [1.807, 2.05) is 45.8 Å². The Morgan fingerprint density at radius 3 is 2.88 bits per heavy atom. The van der Waals surface area contributed by atoms with E-state index in [1.54, 1.807) is 6.20 Å². The number of carbonyl (C=O) groups excluding carboxylic acids is 1. The maximum absolute atomic E-state index is 13.2. The third kappa shape index (κ3) is 3.21. The van der Waals surface area contributed by atoms with Crippen molar-refractivity contribution in [2.45, 2.75) is 19.0 Å². The summed E-state index contributed by atoms with van der Waals surface area (Å²) in [6, 6.07) is 10.8. The third-order valence-electron chi connectivity index (χ3n) is 6.53. The molecule has 2 saturated heterocycles. The Bertz CT molecular complexity index is 1320. The van der Waals surface area contributed by atoms with Crippen LogP contribution >= 0.6 is 0 Å². The number of nitrogens with two attached hydrogens (primary N) is 1. The third-order valence-corrected chi connectivity index (χ3v) is 6.53. The summed E-state index contributed by atoms with van der Waals surface area (Å²) < 4.78 is 7.24. The minimum Gasteiger partial charge on any atom is -0.424 e. The molecule has 9 heteroatoms. The van der Waals surface area contributed by atoms with E-state index in [-0.39, 0.29) is 11.9 Å².